The molecular formula is C29H34F3N5O. The number of aromatic nitrogens is 3. The van der Waals surface area contributed by atoms with E-state index in [0.717, 1.165) is 66.6 Å². The van der Waals surface area contributed by atoms with Gasteiger partial charge in [-0.3, -0.25) is 4.99 Å². The van der Waals surface area contributed by atoms with Gasteiger partial charge in [-0.05, 0) is 63.8 Å². The molecule has 2 atom stereocenters. The van der Waals surface area contributed by atoms with Crippen LogP contribution in [0.4, 0.5) is 13.2 Å². The highest BCUT2D eigenvalue weighted by Gasteiger charge is 2.37. The van der Waals surface area contributed by atoms with E-state index in [4.69, 9.17) is 14.8 Å². The van der Waals surface area contributed by atoms with Crippen LogP contribution in [0.3, 0.4) is 0 Å². The molecule has 202 valence electrons. The zero-order valence-electron chi connectivity index (χ0n) is 22.3. The molecular weight excluding hydrogens is 491 g/mol. The Labute approximate surface area is 221 Å². The molecule has 5 rings (SSSR count). The lowest BCUT2D eigenvalue weighted by molar-refractivity contribution is -0.138. The molecule has 3 aliphatic rings. The molecule has 6 nitrogen and oxygen atoms in total. The Morgan fingerprint density at radius 3 is 2.55 bits per heavy atom. The summed E-state index contributed by atoms with van der Waals surface area (Å²) in [6.45, 7) is 7.54. The van der Waals surface area contributed by atoms with Crippen LogP contribution in [0, 0.1) is 0 Å². The van der Waals surface area contributed by atoms with Gasteiger partial charge in [0, 0.05) is 30.2 Å². The Balaban J connectivity index is 1.54. The minimum absolute atomic E-state index is 0.0176. The molecule has 0 spiro atoms. The highest BCUT2D eigenvalue weighted by Crippen LogP contribution is 2.41. The summed E-state index contributed by atoms with van der Waals surface area (Å²) in [7, 11) is 1.70. The number of alkyl halides is 3. The Bertz CT molecular complexity index is 1330. The van der Waals surface area contributed by atoms with Crippen molar-refractivity contribution in [2.45, 2.75) is 77.7 Å². The Morgan fingerprint density at radius 2 is 1.84 bits per heavy atom. The largest absolute Gasteiger partial charge is 0.499 e. The van der Waals surface area contributed by atoms with Crippen molar-refractivity contribution in [3.63, 3.8) is 0 Å². The molecule has 0 fully saturated rings. The molecule has 2 unspecified atom stereocenters. The minimum atomic E-state index is -4.42. The number of aliphatic imine (C=N–C) groups is 1. The normalized spacial score (nSPS) is 22.7. The molecule has 1 aromatic carbocycles. The molecule has 2 aromatic rings. The lowest BCUT2D eigenvalue weighted by Gasteiger charge is -2.27. The number of nitrogens with zero attached hydrogens (tertiary/aromatic N) is 5. The van der Waals surface area contributed by atoms with Gasteiger partial charge in [-0.1, -0.05) is 30.2 Å². The third-order valence-electron chi connectivity index (χ3n) is 7.70. The molecule has 1 aromatic heterocycles. The number of aryl methyl sites for hydroxylation is 1. The molecule has 0 amide bonds. The van der Waals surface area contributed by atoms with Gasteiger partial charge in [0.25, 0.3) is 0 Å². The van der Waals surface area contributed by atoms with Crippen LogP contribution in [0.15, 0.2) is 58.4 Å². The van der Waals surface area contributed by atoms with E-state index in [9.17, 15) is 13.2 Å². The lowest BCUT2D eigenvalue weighted by atomic mass is 9.89. The molecule has 0 saturated carbocycles. The van der Waals surface area contributed by atoms with Gasteiger partial charge in [0.2, 0.25) is 0 Å². The fraction of sp³-hybridized carbons (Fsp3) is 0.483. The van der Waals surface area contributed by atoms with E-state index in [0.29, 0.717) is 24.6 Å². The Kier molecular flexibility index (Phi) is 7.20. The molecule has 0 saturated heterocycles. The summed E-state index contributed by atoms with van der Waals surface area (Å²) < 4.78 is 49.3. The van der Waals surface area contributed by atoms with Gasteiger partial charge in [0.15, 0.2) is 5.82 Å². The van der Waals surface area contributed by atoms with Gasteiger partial charge < -0.3 is 9.64 Å². The zero-order chi connectivity index (χ0) is 27.0. The smallest absolute Gasteiger partial charge is 0.416 e. The van der Waals surface area contributed by atoms with Crippen molar-refractivity contribution in [2.75, 3.05) is 13.7 Å². The predicted octanol–water partition coefficient (Wildman–Crippen LogP) is 6.72. The van der Waals surface area contributed by atoms with Crippen LogP contribution in [0.2, 0.25) is 0 Å². The highest BCUT2D eigenvalue weighted by atomic mass is 19.4. The second kappa shape index (κ2) is 10.4. The molecule has 0 N–H and O–H groups in total. The summed E-state index contributed by atoms with van der Waals surface area (Å²) in [5, 5.41) is 4.85. The summed E-state index contributed by atoms with van der Waals surface area (Å²) >= 11 is 0. The van der Waals surface area contributed by atoms with E-state index in [2.05, 4.69) is 23.7 Å². The summed E-state index contributed by atoms with van der Waals surface area (Å²) in [6.07, 6.45) is 3.43. The number of benzene rings is 1. The number of methoxy groups -OCH3 is 1. The first kappa shape index (κ1) is 26.3. The maximum Gasteiger partial charge on any atom is 0.416 e. The summed E-state index contributed by atoms with van der Waals surface area (Å²) in [6, 6.07) is 5.87. The predicted molar refractivity (Wildman–Crippen MR) is 141 cm³/mol. The van der Waals surface area contributed by atoms with Crippen LogP contribution >= 0.6 is 0 Å². The average molecular weight is 526 g/mol. The van der Waals surface area contributed by atoms with Gasteiger partial charge in [0.05, 0.1) is 24.9 Å². The molecule has 38 heavy (non-hydrogen) atoms. The van der Waals surface area contributed by atoms with Crippen LogP contribution in [0.5, 0.6) is 0 Å². The zero-order valence-corrected chi connectivity index (χ0v) is 22.3. The number of fused-ring (bicyclic) bond motifs is 1. The SMILES string of the molecule is COC1=C(N2CC(C)=NC2C)C=CC(c2nc3n(n2)CCCCC3c2ccccc2C(F)(F)F)=C(C)CC1. The summed E-state index contributed by atoms with van der Waals surface area (Å²) in [5.41, 5.74) is 3.77. The van der Waals surface area contributed by atoms with Crippen molar-refractivity contribution >= 4 is 11.3 Å². The molecule has 0 radical (unpaired) electrons. The van der Waals surface area contributed by atoms with Gasteiger partial charge in [-0.15, -0.1) is 0 Å². The lowest BCUT2D eigenvalue weighted by Crippen LogP contribution is -2.29. The molecule has 2 aliphatic heterocycles. The third kappa shape index (κ3) is 5.02. The number of rotatable bonds is 4. The highest BCUT2D eigenvalue weighted by molar-refractivity contribution is 5.86. The number of hydrogen-bond acceptors (Lipinski definition) is 5. The number of ether oxygens (including phenoxy) is 1. The second-order valence-corrected chi connectivity index (χ2v) is 10.3. The Hall–Kier alpha value is -3.36. The Morgan fingerprint density at radius 1 is 1.05 bits per heavy atom. The van der Waals surface area contributed by atoms with Gasteiger partial charge in [0.1, 0.15) is 17.7 Å². The van der Waals surface area contributed by atoms with Gasteiger partial charge in [-0.2, -0.15) is 18.3 Å². The van der Waals surface area contributed by atoms with Gasteiger partial charge >= 0.3 is 6.18 Å². The molecule has 0 bridgehead atoms. The van der Waals surface area contributed by atoms with E-state index in [1.807, 2.05) is 23.8 Å². The fourth-order valence-electron chi connectivity index (χ4n) is 5.77. The molecule has 9 heteroatoms. The first-order valence-corrected chi connectivity index (χ1v) is 13.2. The topological polar surface area (TPSA) is 55.5 Å². The van der Waals surface area contributed by atoms with E-state index in [1.54, 1.807) is 19.2 Å². The minimum Gasteiger partial charge on any atom is -0.499 e. The van der Waals surface area contributed by atoms with Crippen molar-refractivity contribution < 1.29 is 17.9 Å². The van der Waals surface area contributed by atoms with Crippen molar-refractivity contribution in [2.24, 2.45) is 4.99 Å². The van der Waals surface area contributed by atoms with E-state index >= 15 is 0 Å². The van der Waals surface area contributed by atoms with Crippen molar-refractivity contribution in [3.8, 4) is 0 Å². The van der Waals surface area contributed by atoms with Crippen molar-refractivity contribution in [3.05, 3.63) is 76.2 Å². The standard InChI is InChI=1S/C29H34F3N5O/c1-18-12-15-26(38-4)25(36-17-19(2)33-20(36)3)14-13-21(18)27-34-28-23(10-7-8-16-37(28)35-27)22-9-5-6-11-24(22)29(30,31)32/h5-6,9,11,13-14,20,23H,7-8,10,12,15-17H2,1-4H3. The van der Waals surface area contributed by atoms with Crippen LogP contribution < -0.4 is 0 Å². The quantitative estimate of drug-likeness (QED) is 0.445. The van der Waals surface area contributed by atoms with Crippen molar-refractivity contribution in [1.29, 1.82) is 0 Å². The summed E-state index contributed by atoms with van der Waals surface area (Å²) in [4.78, 5) is 11.8. The van der Waals surface area contributed by atoms with Crippen LogP contribution in [-0.4, -0.2) is 45.2 Å². The summed E-state index contributed by atoms with van der Waals surface area (Å²) in [5.74, 6) is 1.62. The fourth-order valence-corrected chi connectivity index (χ4v) is 5.77. The van der Waals surface area contributed by atoms with Crippen molar-refractivity contribution in [1.82, 2.24) is 19.7 Å². The molecule has 3 heterocycles. The van der Waals surface area contributed by atoms with Gasteiger partial charge in [-0.25, -0.2) is 9.67 Å². The maximum absolute atomic E-state index is 13.9. The van der Waals surface area contributed by atoms with E-state index in [1.165, 1.54) is 6.07 Å². The first-order chi connectivity index (χ1) is 18.2. The number of hydrogen-bond donors (Lipinski definition) is 0. The van der Waals surface area contributed by atoms with Crippen LogP contribution in [0.1, 0.15) is 81.6 Å². The van der Waals surface area contributed by atoms with E-state index in [-0.39, 0.29) is 11.7 Å². The monoisotopic (exact) mass is 525 g/mol. The van der Waals surface area contributed by atoms with E-state index < -0.39 is 17.7 Å². The maximum atomic E-state index is 13.9. The number of allylic oxidation sites excluding steroid dienone is 5. The van der Waals surface area contributed by atoms with Crippen LogP contribution in [-0.2, 0) is 17.5 Å². The average Bonchev–Trinajstić information content (AvgIpc) is 3.36. The second-order valence-electron chi connectivity index (χ2n) is 10.3. The first-order valence-electron chi connectivity index (χ1n) is 13.2. The third-order valence-corrected chi connectivity index (χ3v) is 7.70. The molecule has 1 aliphatic carbocycles. The van der Waals surface area contributed by atoms with Crippen LogP contribution in [0.25, 0.3) is 5.57 Å². The number of halogens is 3.